The van der Waals surface area contributed by atoms with Crippen molar-refractivity contribution >= 4 is 17.5 Å². The van der Waals surface area contributed by atoms with Gasteiger partial charge in [-0.05, 0) is 80.7 Å². The number of hydrogen-bond donors (Lipinski definition) is 1. The van der Waals surface area contributed by atoms with Crippen molar-refractivity contribution < 1.29 is 14.6 Å². The Morgan fingerprint density at radius 2 is 2.09 bits per heavy atom. The standard InChI is InChI=1S/C26H27ClN2O3/c1-28-10-9-25-19-13-18(30)6-5-15(19)12-22(28)26(25)8-7-20-23(25)21(32-26)14-29(20)24(31)16-3-2-4-17(27)11-16/h2-6,11,13,20-23,30H,7-10,12,14H2,1H3/t20-,21-,22-,23+,25+,26-/m1/s1. The Labute approximate surface area is 192 Å². The van der Waals surface area contributed by atoms with Gasteiger partial charge in [-0.15, -0.1) is 0 Å². The highest BCUT2D eigenvalue weighted by Gasteiger charge is 2.77. The van der Waals surface area contributed by atoms with Gasteiger partial charge < -0.3 is 19.6 Å². The Morgan fingerprint density at radius 3 is 2.94 bits per heavy atom. The number of fused-ring (bicyclic) bond motifs is 1. The molecule has 3 aliphatic heterocycles. The topological polar surface area (TPSA) is 53.0 Å². The maximum atomic E-state index is 13.6. The molecule has 3 saturated heterocycles. The van der Waals surface area contributed by atoms with Crippen LogP contribution >= 0.6 is 11.6 Å². The fourth-order valence-corrected chi connectivity index (χ4v) is 8.50. The van der Waals surface area contributed by atoms with Crippen LogP contribution < -0.4 is 0 Å². The number of halogens is 1. The van der Waals surface area contributed by atoms with Crippen LogP contribution in [0.4, 0.5) is 0 Å². The SMILES string of the molecule is CN1CC[C@@]23c4cc(O)ccc4C[C@@H]1[C@]21CC[C@@H]2[C@H]3[C@@H](CN2C(=O)c2cccc(Cl)c2)O1. The number of likely N-dealkylation sites (N-methyl/N-ethyl adjacent to an activating group) is 1. The van der Waals surface area contributed by atoms with E-state index in [2.05, 4.69) is 22.9 Å². The van der Waals surface area contributed by atoms with Gasteiger partial charge in [-0.1, -0.05) is 23.7 Å². The molecule has 32 heavy (non-hydrogen) atoms. The summed E-state index contributed by atoms with van der Waals surface area (Å²) in [5.41, 5.74) is 2.89. The summed E-state index contributed by atoms with van der Waals surface area (Å²) in [6.07, 6.45) is 3.92. The Morgan fingerprint density at radius 1 is 1.22 bits per heavy atom. The largest absolute Gasteiger partial charge is 0.508 e. The fourth-order valence-electron chi connectivity index (χ4n) is 8.31. The van der Waals surface area contributed by atoms with E-state index in [1.807, 2.05) is 24.3 Å². The Balaban J connectivity index is 1.37. The first kappa shape index (κ1) is 19.4. The van der Waals surface area contributed by atoms with Crippen molar-refractivity contribution in [2.24, 2.45) is 5.92 Å². The van der Waals surface area contributed by atoms with Gasteiger partial charge in [-0.25, -0.2) is 0 Å². The number of benzene rings is 2. The third kappa shape index (κ3) is 2.15. The summed E-state index contributed by atoms with van der Waals surface area (Å²) < 4.78 is 7.09. The van der Waals surface area contributed by atoms with Crippen LogP contribution in [-0.2, 0) is 16.6 Å². The Kier molecular flexibility index (Phi) is 3.81. The van der Waals surface area contributed by atoms with Crippen LogP contribution in [0.3, 0.4) is 0 Å². The van der Waals surface area contributed by atoms with Crippen molar-refractivity contribution in [2.75, 3.05) is 20.1 Å². The molecule has 3 heterocycles. The molecule has 5 aliphatic rings. The van der Waals surface area contributed by atoms with Crippen LogP contribution in [0.25, 0.3) is 0 Å². The molecule has 0 aromatic heterocycles. The number of piperidine rings is 1. The molecule has 4 fully saturated rings. The molecule has 0 unspecified atom stereocenters. The summed E-state index contributed by atoms with van der Waals surface area (Å²) in [6, 6.07) is 13.7. The summed E-state index contributed by atoms with van der Waals surface area (Å²) in [7, 11) is 2.23. The summed E-state index contributed by atoms with van der Waals surface area (Å²) in [6.45, 7) is 1.65. The van der Waals surface area contributed by atoms with Crippen LogP contribution in [0.1, 0.15) is 40.7 Å². The van der Waals surface area contributed by atoms with Crippen molar-refractivity contribution in [1.29, 1.82) is 0 Å². The minimum atomic E-state index is -0.224. The second kappa shape index (κ2) is 6.28. The average Bonchev–Trinajstić information content (AvgIpc) is 3.22. The molecule has 1 amide bonds. The number of carbonyl (C=O) groups excluding carboxylic acids is 1. The zero-order valence-electron chi connectivity index (χ0n) is 18.1. The maximum Gasteiger partial charge on any atom is 0.254 e. The van der Waals surface area contributed by atoms with E-state index in [4.69, 9.17) is 16.3 Å². The van der Waals surface area contributed by atoms with E-state index in [1.165, 1.54) is 11.1 Å². The number of ether oxygens (including phenoxy) is 1. The van der Waals surface area contributed by atoms with Crippen molar-refractivity contribution in [3.05, 3.63) is 64.2 Å². The van der Waals surface area contributed by atoms with Crippen LogP contribution in [-0.4, -0.2) is 64.7 Å². The molecule has 166 valence electrons. The second-order valence-electron chi connectivity index (χ2n) is 10.4. The molecule has 7 rings (SSSR count). The minimum Gasteiger partial charge on any atom is -0.508 e. The summed E-state index contributed by atoms with van der Waals surface area (Å²) >= 11 is 6.19. The van der Waals surface area contributed by atoms with Gasteiger partial charge in [0, 0.05) is 40.5 Å². The molecule has 2 aromatic rings. The molecule has 0 spiro atoms. The highest BCUT2D eigenvalue weighted by Crippen LogP contribution is 2.69. The number of carbonyl (C=O) groups is 1. The third-order valence-corrected chi connectivity index (χ3v) is 9.57. The zero-order valence-corrected chi connectivity index (χ0v) is 18.9. The first-order chi connectivity index (χ1) is 15.4. The lowest BCUT2D eigenvalue weighted by Gasteiger charge is -2.64. The number of phenols is 1. The van der Waals surface area contributed by atoms with E-state index in [0.717, 1.165) is 32.2 Å². The maximum absolute atomic E-state index is 13.6. The van der Waals surface area contributed by atoms with Gasteiger partial charge in [0.25, 0.3) is 5.91 Å². The quantitative estimate of drug-likeness (QED) is 0.721. The lowest BCUT2D eigenvalue weighted by molar-refractivity contribution is -0.165. The van der Waals surface area contributed by atoms with Gasteiger partial charge in [0.15, 0.2) is 0 Å². The van der Waals surface area contributed by atoms with Crippen molar-refractivity contribution in [1.82, 2.24) is 9.80 Å². The average molecular weight is 451 g/mol. The van der Waals surface area contributed by atoms with Crippen LogP contribution in [0.5, 0.6) is 5.75 Å². The first-order valence-corrected chi connectivity index (χ1v) is 12.1. The number of phenolic OH excluding ortho intramolecular Hbond substituents is 1. The van der Waals surface area contributed by atoms with Gasteiger partial charge >= 0.3 is 0 Å². The smallest absolute Gasteiger partial charge is 0.254 e. The summed E-state index contributed by atoms with van der Waals surface area (Å²) in [5.74, 6) is 0.641. The second-order valence-corrected chi connectivity index (χ2v) is 10.8. The lowest BCUT2D eigenvalue weighted by atomic mass is 9.46. The molecule has 2 aromatic carbocycles. The lowest BCUT2D eigenvalue weighted by Crippen LogP contribution is -2.73. The Bertz CT molecular complexity index is 1150. The molecule has 6 heteroatoms. The minimum absolute atomic E-state index is 0.0351. The molecule has 4 bridgehead atoms. The molecule has 2 aliphatic carbocycles. The van der Waals surface area contributed by atoms with Crippen LogP contribution in [0.15, 0.2) is 42.5 Å². The van der Waals surface area contributed by atoms with E-state index < -0.39 is 0 Å². The van der Waals surface area contributed by atoms with Gasteiger partial charge in [0.1, 0.15) is 5.75 Å². The van der Waals surface area contributed by atoms with E-state index in [9.17, 15) is 9.90 Å². The van der Waals surface area contributed by atoms with Gasteiger partial charge in [0.05, 0.1) is 11.7 Å². The zero-order chi connectivity index (χ0) is 21.8. The number of hydrogen-bond acceptors (Lipinski definition) is 4. The predicted molar refractivity (Wildman–Crippen MR) is 121 cm³/mol. The van der Waals surface area contributed by atoms with E-state index in [0.29, 0.717) is 28.9 Å². The Hall–Kier alpha value is -2.08. The van der Waals surface area contributed by atoms with E-state index in [1.54, 1.807) is 12.1 Å². The fraction of sp³-hybridized carbons (Fsp3) is 0.500. The highest BCUT2D eigenvalue weighted by atomic mass is 35.5. The predicted octanol–water partition coefficient (Wildman–Crippen LogP) is 3.62. The van der Waals surface area contributed by atoms with Crippen LogP contribution in [0.2, 0.25) is 5.02 Å². The summed E-state index contributed by atoms with van der Waals surface area (Å²) in [4.78, 5) is 18.1. The number of rotatable bonds is 1. The van der Waals surface area contributed by atoms with Crippen molar-refractivity contribution in [2.45, 2.75) is 54.9 Å². The number of likely N-dealkylation sites (tertiary alicyclic amines) is 2. The van der Waals surface area contributed by atoms with Gasteiger partial charge in [0.2, 0.25) is 0 Å². The van der Waals surface area contributed by atoms with Gasteiger partial charge in [-0.2, -0.15) is 0 Å². The highest BCUT2D eigenvalue weighted by molar-refractivity contribution is 6.30. The molecular weight excluding hydrogens is 424 g/mol. The van der Waals surface area contributed by atoms with Crippen LogP contribution in [0, 0.1) is 5.92 Å². The van der Waals surface area contributed by atoms with Gasteiger partial charge in [-0.3, -0.25) is 4.79 Å². The first-order valence-electron chi connectivity index (χ1n) is 11.7. The molecule has 1 N–H and O–H groups in total. The molecule has 1 saturated carbocycles. The summed E-state index contributed by atoms with van der Waals surface area (Å²) in [5, 5.41) is 11.0. The van der Waals surface area contributed by atoms with Crippen molar-refractivity contribution in [3.8, 4) is 5.75 Å². The normalized spacial score (nSPS) is 39.0. The van der Waals surface area contributed by atoms with Crippen molar-refractivity contribution in [3.63, 3.8) is 0 Å². The van der Waals surface area contributed by atoms with E-state index >= 15 is 0 Å². The molecule has 5 nitrogen and oxygen atoms in total. The molecule has 0 radical (unpaired) electrons. The third-order valence-electron chi connectivity index (χ3n) is 9.34. The molecule has 6 atom stereocenters. The number of aromatic hydroxyl groups is 1. The van der Waals surface area contributed by atoms with E-state index in [-0.39, 0.29) is 35.0 Å². The number of amides is 1. The molecular formula is C26H27ClN2O3. The monoisotopic (exact) mass is 450 g/mol. The number of nitrogens with zero attached hydrogens (tertiary/aromatic N) is 2.